The number of hydrogen-bond donors (Lipinski definition) is 0. The molecular formula is C27H34N2O3. The third kappa shape index (κ3) is 5.58. The first-order valence-corrected chi connectivity index (χ1v) is 11.6. The molecule has 5 heteroatoms. The molecule has 170 valence electrons. The SMILES string of the molecule is CCCCCCCCN1C(=O)C(c2ccc(OC)cc2)=C(N(C)Cc2ccccc2)C1=O. The molecule has 0 bridgehead atoms. The number of hydrogen-bond acceptors (Lipinski definition) is 4. The van der Waals surface area contributed by atoms with Crippen LogP contribution in [0, 0.1) is 0 Å². The molecule has 0 unspecified atom stereocenters. The number of methoxy groups -OCH3 is 1. The number of benzene rings is 2. The van der Waals surface area contributed by atoms with Crippen molar-refractivity contribution >= 4 is 17.4 Å². The number of carbonyl (C=O) groups excluding carboxylic acids is 2. The van der Waals surface area contributed by atoms with Gasteiger partial charge in [-0.1, -0.05) is 81.5 Å². The zero-order chi connectivity index (χ0) is 22.9. The summed E-state index contributed by atoms with van der Waals surface area (Å²) in [5.41, 5.74) is 2.77. The van der Waals surface area contributed by atoms with Crippen molar-refractivity contribution in [3.05, 3.63) is 71.4 Å². The number of carbonyl (C=O) groups is 2. The molecule has 2 aromatic carbocycles. The number of rotatable bonds is 12. The molecule has 0 atom stereocenters. The molecule has 0 saturated carbocycles. The predicted octanol–water partition coefficient (Wildman–Crippen LogP) is 5.27. The molecule has 2 aromatic rings. The summed E-state index contributed by atoms with van der Waals surface area (Å²) in [5.74, 6) is 0.311. The minimum absolute atomic E-state index is 0.201. The van der Waals surface area contributed by atoms with Crippen LogP contribution in [-0.2, 0) is 16.1 Å². The monoisotopic (exact) mass is 434 g/mol. The number of unbranched alkanes of at least 4 members (excludes halogenated alkanes) is 5. The Bertz CT molecular complexity index is 935. The first-order valence-electron chi connectivity index (χ1n) is 11.6. The zero-order valence-electron chi connectivity index (χ0n) is 19.5. The van der Waals surface area contributed by atoms with Crippen LogP contribution in [0.1, 0.15) is 56.6 Å². The molecule has 0 N–H and O–H groups in total. The van der Waals surface area contributed by atoms with Crippen molar-refractivity contribution in [2.24, 2.45) is 0 Å². The molecule has 0 aliphatic carbocycles. The van der Waals surface area contributed by atoms with Gasteiger partial charge in [-0.15, -0.1) is 0 Å². The van der Waals surface area contributed by atoms with Crippen LogP contribution in [0.15, 0.2) is 60.3 Å². The summed E-state index contributed by atoms with van der Waals surface area (Å²) in [6.45, 7) is 3.22. The summed E-state index contributed by atoms with van der Waals surface area (Å²) in [5, 5.41) is 0. The van der Waals surface area contributed by atoms with E-state index in [2.05, 4.69) is 6.92 Å². The average molecular weight is 435 g/mol. The number of nitrogens with zero attached hydrogens (tertiary/aromatic N) is 2. The standard InChI is InChI=1S/C27H34N2O3/c1-4-5-6-7-8-12-19-29-26(30)24(22-15-17-23(32-3)18-16-22)25(27(29)31)28(2)20-21-13-10-9-11-14-21/h9-11,13-18H,4-8,12,19-20H2,1-3H3. The average Bonchev–Trinajstić information content (AvgIpc) is 3.06. The molecule has 32 heavy (non-hydrogen) atoms. The highest BCUT2D eigenvalue weighted by Crippen LogP contribution is 2.33. The molecule has 0 saturated heterocycles. The highest BCUT2D eigenvalue weighted by Gasteiger charge is 2.40. The third-order valence-electron chi connectivity index (χ3n) is 5.90. The van der Waals surface area contributed by atoms with Crippen LogP contribution < -0.4 is 4.74 Å². The summed E-state index contributed by atoms with van der Waals surface area (Å²) in [6, 6.07) is 17.3. The van der Waals surface area contributed by atoms with Crippen LogP contribution in [-0.4, -0.2) is 42.3 Å². The van der Waals surface area contributed by atoms with Gasteiger partial charge in [0.2, 0.25) is 0 Å². The Morgan fingerprint density at radius 2 is 1.50 bits per heavy atom. The maximum atomic E-state index is 13.4. The van der Waals surface area contributed by atoms with Gasteiger partial charge in [-0.2, -0.15) is 0 Å². The first kappa shape index (κ1) is 23.6. The van der Waals surface area contributed by atoms with E-state index in [1.807, 2.05) is 66.5 Å². The van der Waals surface area contributed by atoms with Crippen molar-refractivity contribution in [3.63, 3.8) is 0 Å². The van der Waals surface area contributed by atoms with Crippen molar-refractivity contribution in [1.82, 2.24) is 9.80 Å². The van der Waals surface area contributed by atoms with Crippen molar-refractivity contribution < 1.29 is 14.3 Å². The molecule has 3 rings (SSSR count). The molecule has 1 aliphatic heterocycles. The molecule has 5 nitrogen and oxygen atoms in total. The molecule has 1 aliphatic rings. The Balaban J connectivity index is 1.83. The van der Waals surface area contributed by atoms with E-state index in [9.17, 15) is 9.59 Å². The largest absolute Gasteiger partial charge is 0.497 e. The van der Waals surface area contributed by atoms with Crippen molar-refractivity contribution in [2.75, 3.05) is 20.7 Å². The number of likely N-dealkylation sites (N-methyl/N-ethyl adjacent to an activating group) is 1. The molecule has 0 radical (unpaired) electrons. The van der Waals surface area contributed by atoms with Gasteiger partial charge in [0.25, 0.3) is 11.8 Å². The van der Waals surface area contributed by atoms with Gasteiger partial charge < -0.3 is 9.64 Å². The molecule has 2 amide bonds. The van der Waals surface area contributed by atoms with Crippen LogP contribution >= 0.6 is 0 Å². The molecule has 1 heterocycles. The van der Waals surface area contributed by atoms with Crippen LogP contribution in [0.3, 0.4) is 0 Å². The lowest BCUT2D eigenvalue weighted by Crippen LogP contribution is -2.34. The first-order chi connectivity index (χ1) is 15.6. The van der Waals surface area contributed by atoms with Crippen molar-refractivity contribution in [1.29, 1.82) is 0 Å². The molecule has 0 spiro atoms. The summed E-state index contributed by atoms with van der Waals surface area (Å²) in [6.07, 6.45) is 6.66. The Labute approximate surface area is 191 Å². The summed E-state index contributed by atoms with van der Waals surface area (Å²) in [7, 11) is 3.49. The second-order valence-electron chi connectivity index (χ2n) is 8.32. The fraction of sp³-hybridized carbons (Fsp3) is 0.407. The Morgan fingerprint density at radius 1 is 0.844 bits per heavy atom. The molecular weight excluding hydrogens is 400 g/mol. The fourth-order valence-electron chi connectivity index (χ4n) is 4.12. The number of imide groups is 1. The minimum Gasteiger partial charge on any atom is -0.497 e. The second kappa shape index (κ2) is 11.5. The van der Waals surface area contributed by atoms with E-state index in [4.69, 9.17) is 4.74 Å². The lowest BCUT2D eigenvalue weighted by Gasteiger charge is -2.21. The lowest BCUT2D eigenvalue weighted by atomic mass is 10.0. The molecule has 0 fully saturated rings. The highest BCUT2D eigenvalue weighted by molar-refractivity contribution is 6.35. The fourth-order valence-corrected chi connectivity index (χ4v) is 4.12. The maximum Gasteiger partial charge on any atom is 0.277 e. The number of amides is 2. The maximum absolute atomic E-state index is 13.4. The van der Waals surface area contributed by atoms with E-state index in [-0.39, 0.29) is 11.8 Å². The van der Waals surface area contributed by atoms with Gasteiger partial charge in [-0.25, -0.2) is 0 Å². The topological polar surface area (TPSA) is 49.9 Å². The minimum atomic E-state index is -0.205. The van der Waals surface area contributed by atoms with E-state index >= 15 is 0 Å². The van der Waals surface area contributed by atoms with E-state index in [0.29, 0.717) is 30.1 Å². The van der Waals surface area contributed by atoms with E-state index in [0.717, 1.165) is 30.4 Å². The van der Waals surface area contributed by atoms with E-state index in [1.54, 1.807) is 7.11 Å². The Morgan fingerprint density at radius 3 is 2.16 bits per heavy atom. The smallest absolute Gasteiger partial charge is 0.277 e. The van der Waals surface area contributed by atoms with Gasteiger partial charge in [0, 0.05) is 20.1 Å². The summed E-state index contributed by atoms with van der Waals surface area (Å²) >= 11 is 0. The highest BCUT2D eigenvalue weighted by atomic mass is 16.5. The Hall–Kier alpha value is -3.08. The number of ether oxygens (including phenoxy) is 1. The predicted molar refractivity (Wildman–Crippen MR) is 128 cm³/mol. The quantitative estimate of drug-likeness (QED) is 0.337. The normalized spacial score (nSPS) is 13.8. The van der Waals surface area contributed by atoms with Crippen LogP contribution in [0.5, 0.6) is 5.75 Å². The second-order valence-corrected chi connectivity index (χ2v) is 8.32. The van der Waals surface area contributed by atoms with Crippen LogP contribution in [0.25, 0.3) is 5.57 Å². The summed E-state index contributed by atoms with van der Waals surface area (Å²) in [4.78, 5) is 30.1. The van der Waals surface area contributed by atoms with Crippen molar-refractivity contribution in [2.45, 2.75) is 52.0 Å². The van der Waals surface area contributed by atoms with E-state index < -0.39 is 0 Å². The molecule has 0 aromatic heterocycles. The third-order valence-corrected chi connectivity index (χ3v) is 5.90. The van der Waals surface area contributed by atoms with Gasteiger partial charge in [-0.05, 0) is 29.7 Å². The van der Waals surface area contributed by atoms with Gasteiger partial charge in [0.1, 0.15) is 11.4 Å². The van der Waals surface area contributed by atoms with Gasteiger partial charge in [-0.3, -0.25) is 14.5 Å². The Kier molecular flexibility index (Phi) is 8.48. The van der Waals surface area contributed by atoms with Crippen molar-refractivity contribution in [3.8, 4) is 5.75 Å². The van der Waals surface area contributed by atoms with Gasteiger partial charge in [0.05, 0.1) is 12.7 Å². The van der Waals surface area contributed by atoms with Crippen LogP contribution in [0.2, 0.25) is 0 Å². The van der Waals surface area contributed by atoms with E-state index in [1.165, 1.54) is 24.2 Å². The summed E-state index contributed by atoms with van der Waals surface area (Å²) < 4.78 is 5.26. The van der Waals surface area contributed by atoms with Gasteiger partial charge >= 0.3 is 0 Å². The zero-order valence-corrected chi connectivity index (χ0v) is 19.5. The van der Waals surface area contributed by atoms with Gasteiger partial charge in [0.15, 0.2) is 0 Å². The van der Waals surface area contributed by atoms with Crippen LogP contribution in [0.4, 0.5) is 0 Å². The lowest BCUT2D eigenvalue weighted by molar-refractivity contribution is -0.137.